The summed E-state index contributed by atoms with van der Waals surface area (Å²) in [4.78, 5) is 24.7. The average Bonchev–Trinajstić information content (AvgIpc) is 2.89. The van der Waals surface area contributed by atoms with E-state index in [0.717, 1.165) is 83.1 Å². The Kier molecular flexibility index (Phi) is 23.4. The van der Waals surface area contributed by atoms with Crippen LogP contribution in [0, 0.1) is 0 Å². The maximum Gasteiger partial charge on any atom is 1.00 e. The van der Waals surface area contributed by atoms with Gasteiger partial charge in [-0.05, 0) is 64.5 Å². The third kappa shape index (κ3) is 17.6. The molecule has 0 fully saturated rings. The average molecular weight is 589 g/mol. The number of esters is 2. The van der Waals surface area contributed by atoms with Crippen molar-refractivity contribution in [3.63, 3.8) is 0 Å². The molecule has 0 bridgehead atoms. The quantitative estimate of drug-likeness (QED) is 0.0683. The first-order valence-electron chi connectivity index (χ1n) is 14.0. The smallest absolute Gasteiger partial charge is 0.744 e. The number of hydrogen-bond acceptors (Lipinski definition) is 7. The van der Waals surface area contributed by atoms with E-state index in [-0.39, 0.29) is 70.2 Å². The molecule has 0 saturated carbocycles. The van der Waals surface area contributed by atoms with Crippen molar-refractivity contribution in [3.8, 4) is 0 Å². The number of rotatable bonds is 21. The molecule has 0 aliphatic carbocycles. The maximum atomic E-state index is 12.8. The van der Waals surface area contributed by atoms with E-state index < -0.39 is 32.5 Å². The Morgan fingerprint density at radius 1 is 0.718 bits per heavy atom. The van der Waals surface area contributed by atoms with Crippen LogP contribution >= 0.6 is 0 Å². The normalized spacial score (nSPS) is 11.6. The van der Waals surface area contributed by atoms with Gasteiger partial charge in [0.25, 0.3) is 0 Å². The fraction of sp³-hybridized carbons (Fsp3) is 0.600. The van der Waals surface area contributed by atoms with Gasteiger partial charge in [0.15, 0.2) is 0 Å². The predicted molar refractivity (Wildman–Crippen MR) is 149 cm³/mol. The Labute approximate surface area is 278 Å². The van der Waals surface area contributed by atoms with Crippen molar-refractivity contribution >= 4 is 22.1 Å². The second kappa shape index (κ2) is 23.8. The molecule has 0 N–H and O–H groups in total. The Bertz CT molecular complexity index is 987. The monoisotopic (exact) mass is 588 g/mol. The SMILES string of the molecule is C/C=C/CCCCCCCCOC(=O)c1cccc(S(=O)(=O)[O-])c1C(=O)OCCCCCCCC/C=C/C.[K+]. The van der Waals surface area contributed by atoms with E-state index in [4.69, 9.17) is 9.47 Å². The zero-order valence-electron chi connectivity index (χ0n) is 24.1. The van der Waals surface area contributed by atoms with Gasteiger partial charge in [-0.1, -0.05) is 81.7 Å². The second-order valence-electron chi connectivity index (χ2n) is 9.36. The van der Waals surface area contributed by atoms with Crippen molar-refractivity contribution in [2.75, 3.05) is 13.2 Å². The van der Waals surface area contributed by atoms with Crippen molar-refractivity contribution in [3.05, 3.63) is 53.6 Å². The number of carbonyl (C=O) groups is 2. The fourth-order valence-electron chi connectivity index (χ4n) is 4.08. The predicted octanol–water partition coefficient (Wildman–Crippen LogP) is 4.52. The van der Waals surface area contributed by atoms with Crippen LogP contribution < -0.4 is 51.4 Å². The van der Waals surface area contributed by atoms with Gasteiger partial charge in [-0.3, -0.25) is 0 Å². The van der Waals surface area contributed by atoms with Gasteiger partial charge in [0.05, 0.1) is 29.2 Å². The van der Waals surface area contributed by atoms with Crippen LogP contribution in [-0.4, -0.2) is 38.1 Å². The molecule has 0 radical (unpaired) electrons. The van der Waals surface area contributed by atoms with Gasteiger partial charge >= 0.3 is 63.3 Å². The van der Waals surface area contributed by atoms with Gasteiger partial charge in [0, 0.05) is 0 Å². The summed E-state index contributed by atoms with van der Waals surface area (Å²) in [7, 11) is -5.00. The third-order valence-electron chi connectivity index (χ3n) is 6.19. The standard InChI is InChI=1S/C30H46O7S.K/c1-3-5-7-9-11-13-15-17-19-24-36-29(31)26-22-21-23-27(38(33,34)35)28(26)30(32)37-25-20-18-16-14-12-10-8-6-4-2;/h3-6,21-23H,7-20,24-25H2,1-2H3,(H,33,34,35);/q;+1/p-1/b5-3+,6-4+;. The number of hydrogen-bond donors (Lipinski definition) is 0. The zero-order valence-corrected chi connectivity index (χ0v) is 28.1. The minimum absolute atomic E-state index is 0. The molecule has 0 unspecified atom stereocenters. The first kappa shape index (κ1) is 38.2. The summed E-state index contributed by atoms with van der Waals surface area (Å²) in [6, 6.07) is 3.55. The molecular weight excluding hydrogens is 543 g/mol. The molecule has 0 heterocycles. The third-order valence-corrected chi connectivity index (χ3v) is 7.07. The van der Waals surface area contributed by atoms with Crippen LogP contribution in [0.3, 0.4) is 0 Å². The number of carbonyl (C=O) groups excluding carboxylic acids is 2. The second-order valence-corrected chi connectivity index (χ2v) is 10.7. The number of ether oxygens (including phenoxy) is 2. The number of allylic oxidation sites excluding steroid dienone is 4. The maximum absolute atomic E-state index is 12.8. The molecule has 0 saturated heterocycles. The molecule has 1 aromatic rings. The molecule has 1 rings (SSSR count). The summed E-state index contributed by atoms with van der Waals surface area (Å²) in [6.45, 7) is 4.25. The Balaban J connectivity index is 0.0000144. The van der Waals surface area contributed by atoms with E-state index in [1.807, 2.05) is 19.9 Å². The van der Waals surface area contributed by atoms with E-state index in [9.17, 15) is 22.6 Å². The molecular formula is C30H45KO7S. The first-order chi connectivity index (χ1) is 18.3. The van der Waals surface area contributed by atoms with Crippen LogP contribution in [-0.2, 0) is 19.6 Å². The molecule has 0 spiro atoms. The minimum atomic E-state index is -5.00. The molecule has 214 valence electrons. The van der Waals surface area contributed by atoms with Gasteiger partial charge < -0.3 is 14.0 Å². The van der Waals surface area contributed by atoms with Crippen molar-refractivity contribution in [2.24, 2.45) is 0 Å². The molecule has 9 heteroatoms. The van der Waals surface area contributed by atoms with Crippen molar-refractivity contribution in [1.82, 2.24) is 0 Å². The van der Waals surface area contributed by atoms with Crippen LogP contribution in [0.25, 0.3) is 0 Å². The summed E-state index contributed by atoms with van der Waals surface area (Å²) in [5.74, 6) is -1.84. The zero-order chi connectivity index (χ0) is 28.1. The van der Waals surface area contributed by atoms with Gasteiger partial charge in [-0.25, -0.2) is 18.0 Å². The van der Waals surface area contributed by atoms with E-state index in [0.29, 0.717) is 12.8 Å². The molecule has 0 aliphatic heterocycles. The fourth-order valence-corrected chi connectivity index (χ4v) is 4.76. The molecule has 0 aliphatic rings. The van der Waals surface area contributed by atoms with E-state index in [2.05, 4.69) is 18.2 Å². The first-order valence-corrected chi connectivity index (χ1v) is 15.4. The number of unbranched alkanes of at least 4 members (excludes halogenated alkanes) is 12. The topological polar surface area (TPSA) is 110 Å². The Hall–Kier alpha value is -0.814. The molecule has 0 amide bonds. The van der Waals surface area contributed by atoms with Gasteiger partial charge in [0.2, 0.25) is 0 Å². The van der Waals surface area contributed by atoms with Crippen LogP contribution in [0.5, 0.6) is 0 Å². The van der Waals surface area contributed by atoms with Crippen LogP contribution in [0.15, 0.2) is 47.4 Å². The largest absolute Gasteiger partial charge is 1.00 e. The molecule has 0 atom stereocenters. The van der Waals surface area contributed by atoms with Crippen molar-refractivity contribution in [2.45, 2.75) is 109 Å². The molecule has 39 heavy (non-hydrogen) atoms. The van der Waals surface area contributed by atoms with Gasteiger partial charge in [-0.15, -0.1) is 0 Å². The van der Waals surface area contributed by atoms with Gasteiger partial charge in [-0.2, -0.15) is 0 Å². The van der Waals surface area contributed by atoms with Crippen molar-refractivity contribution < 1.29 is 83.4 Å². The summed E-state index contributed by atoms with van der Waals surface area (Å²) < 4.78 is 45.9. The summed E-state index contributed by atoms with van der Waals surface area (Å²) >= 11 is 0. The molecule has 1 aromatic carbocycles. The Morgan fingerprint density at radius 3 is 1.62 bits per heavy atom. The summed E-state index contributed by atoms with van der Waals surface area (Å²) in [5.41, 5.74) is -0.811. The number of benzene rings is 1. The minimum Gasteiger partial charge on any atom is -0.744 e. The Morgan fingerprint density at radius 2 is 1.15 bits per heavy atom. The molecule has 7 nitrogen and oxygen atoms in total. The van der Waals surface area contributed by atoms with Crippen LogP contribution in [0.4, 0.5) is 0 Å². The van der Waals surface area contributed by atoms with E-state index >= 15 is 0 Å². The van der Waals surface area contributed by atoms with Gasteiger partial charge in [0.1, 0.15) is 10.1 Å². The van der Waals surface area contributed by atoms with Crippen LogP contribution in [0.2, 0.25) is 0 Å². The van der Waals surface area contributed by atoms with E-state index in [1.165, 1.54) is 12.1 Å². The summed E-state index contributed by atoms with van der Waals surface area (Å²) in [6.07, 6.45) is 22.5. The summed E-state index contributed by atoms with van der Waals surface area (Å²) in [5, 5.41) is 0. The molecule has 0 aromatic heterocycles. The van der Waals surface area contributed by atoms with Crippen molar-refractivity contribution in [1.29, 1.82) is 0 Å². The van der Waals surface area contributed by atoms with E-state index in [1.54, 1.807) is 0 Å². The van der Waals surface area contributed by atoms with Crippen LogP contribution in [0.1, 0.15) is 124 Å².